The van der Waals surface area contributed by atoms with Crippen molar-refractivity contribution in [1.29, 1.82) is 0 Å². The summed E-state index contributed by atoms with van der Waals surface area (Å²) in [5.41, 5.74) is 0.381. The molecule has 0 aliphatic heterocycles. The van der Waals surface area contributed by atoms with E-state index in [9.17, 15) is 13.2 Å². The number of carbonyl (C=O) groups is 1. The van der Waals surface area contributed by atoms with Crippen LogP contribution in [0.1, 0.15) is 0 Å². The van der Waals surface area contributed by atoms with Crippen LogP contribution in [0.3, 0.4) is 0 Å². The van der Waals surface area contributed by atoms with Crippen molar-refractivity contribution < 1.29 is 27.5 Å². The predicted octanol–water partition coefficient (Wildman–Crippen LogP) is 2.00. The lowest BCUT2D eigenvalue weighted by atomic mass is 10.3. The van der Waals surface area contributed by atoms with Crippen LogP contribution in [0, 0.1) is 0 Å². The maximum Gasteiger partial charge on any atom is 0.343 e. The third kappa shape index (κ3) is 4.03. The van der Waals surface area contributed by atoms with E-state index in [2.05, 4.69) is 4.74 Å². The number of anilines is 1. The van der Waals surface area contributed by atoms with E-state index in [4.69, 9.17) is 9.57 Å². The van der Waals surface area contributed by atoms with E-state index in [0.29, 0.717) is 11.4 Å². The van der Waals surface area contributed by atoms with Crippen LogP contribution in [0.5, 0.6) is 5.75 Å². The van der Waals surface area contributed by atoms with E-state index >= 15 is 0 Å². The van der Waals surface area contributed by atoms with Gasteiger partial charge in [-0.05, 0) is 36.4 Å². The number of hydrogen-bond acceptors (Lipinski definition) is 6. The molecule has 0 spiro atoms. The van der Waals surface area contributed by atoms with Crippen molar-refractivity contribution in [1.82, 2.24) is 0 Å². The Labute approximate surface area is 140 Å². The van der Waals surface area contributed by atoms with Crippen LogP contribution >= 0.6 is 0 Å². The quantitative estimate of drug-likeness (QED) is 0.560. The average Bonchev–Trinajstić information content (AvgIpc) is 2.61. The lowest BCUT2D eigenvalue weighted by molar-refractivity contribution is -0.142. The fraction of sp³-hybridized carbons (Fsp3) is 0.188. The molecule has 8 heteroatoms. The summed E-state index contributed by atoms with van der Waals surface area (Å²) in [6, 6.07) is 14.1. The third-order valence-electron chi connectivity index (χ3n) is 3.06. The van der Waals surface area contributed by atoms with Crippen LogP contribution in [-0.2, 0) is 24.4 Å². The molecule has 0 unspecified atom stereocenters. The highest BCUT2D eigenvalue weighted by Crippen LogP contribution is 2.24. The van der Waals surface area contributed by atoms with Crippen molar-refractivity contribution in [2.24, 2.45) is 0 Å². The van der Waals surface area contributed by atoms with E-state index in [-0.39, 0.29) is 11.5 Å². The molecule has 24 heavy (non-hydrogen) atoms. The number of benzene rings is 2. The molecule has 0 radical (unpaired) electrons. The van der Waals surface area contributed by atoms with E-state index < -0.39 is 16.0 Å². The highest BCUT2D eigenvalue weighted by molar-refractivity contribution is 7.92. The molecule has 0 aliphatic rings. The zero-order chi connectivity index (χ0) is 17.6. The molecule has 7 nitrogen and oxygen atoms in total. The van der Waals surface area contributed by atoms with E-state index in [0.717, 1.165) is 4.47 Å². The van der Waals surface area contributed by atoms with Crippen molar-refractivity contribution in [3.05, 3.63) is 54.6 Å². The van der Waals surface area contributed by atoms with Gasteiger partial charge in [0.05, 0.1) is 24.8 Å². The van der Waals surface area contributed by atoms with Gasteiger partial charge in [0.25, 0.3) is 10.0 Å². The van der Waals surface area contributed by atoms with Crippen LogP contribution in [0.15, 0.2) is 59.5 Å². The molecule has 0 aromatic heterocycles. The van der Waals surface area contributed by atoms with Gasteiger partial charge in [-0.1, -0.05) is 18.2 Å². The summed E-state index contributed by atoms with van der Waals surface area (Å²) in [7, 11) is -1.36. The van der Waals surface area contributed by atoms with Crippen molar-refractivity contribution in [2.45, 2.75) is 4.90 Å². The number of rotatable bonds is 7. The minimum Gasteiger partial charge on any atom is -0.482 e. The molecular formula is C16H17NO6S. The van der Waals surface area contributed by atoms with Gasteiger partial charge in [0.2, 0.25) is 0 Å². The van der Waals surface area contributed by atoms with Crippen molar-refractivity contribution in [3.63, 3.8) is 0 Å². The Morgan fingerprint density at radius 1 is 1.00 bits per heavy atom. The molecule has 128 valence electrons. The number of carbonyl (C=O) groups excluding carboxylic acids is 1. The van der Waals surface area contributed by atoms with Gasteiger partial charge in [0.1, 0.15) is 5.75 Å². The highest BCUT2D eigenvalue weighted by Gasteiger charge is 2.25. The van der Waals surface area contributed by atoms with E-state index in [1.165, 1.54) is 38.5 Å². The molecule has 0 bridgehead atoms. The fourth-order valence-electron chi connectivity index (χ4n) is 1.90. The largest absolute Gasteiger partial charge is 0.482 e. The van der Waals surface area contributed by atoms with E-state index in [1.54, 1.807) is 30.3 Å². The Kier molecular flexibility index (Phi) is 5.78. The molecule has 2 aromatic rings. The molecular weight excluding hydrogens is 334 g/mol. The van der Waals surface area contributed by atoms with Crippen molar-refractivity contribution in [3.8, 4) is 5.75 Å². The second-order valence-corrected chi connectivity index (χ2v) is 6.34. The summed E-state index contributed by atoms with van der Waals surface area (Å²) in [5, 5.41) is 0. The highest BCUT2D eigenvalue weighted by atomic mass is 32.2. The zero-order valence-electron chi connectivity index (χ0n) is 13.2. The lowest BCUT2D eigenvalue weighted by Gasteiger charge is -2.21. The minimum absolute atomic E-state index is 0.0265. The molecule has 0 amide bonds. The van der Waals surface area contributed by atoms with Gasteiger partial charge in [-0.2, -0.15) is 8.42 Å². The van der Waals surface area contributed by atoms with Gasteiger partial charge >= 0.3 is 5.97 Å². The first-order valence-corrected chi connectivity index (χ1v) is 8.37. The molecule has 0 aliphatic carbocycles. The predicted molar refractivity (Wildman–Crippen MR) is 87.1 cm³/mol. The summed E-state index contributed by atoms with van der Waals surface area (Å²) in [6.07, 6.45) is 0. The fourth-order valence-corrected chi connectivity index (χ4v) is 3.16. The summed E-state index contributed by atoms with van der Waals surface area (Å²) in [4.78, 5) is 16.1. The SMILES string of the molecule is COC(=O)COc1ccc(S(=O)(=O)N(OC)c2ccccc2)cc1. The number of para-hydroxylation sites is 1. The summed E-state index contributed by atoms with van der Waals surface area (Å²) >= 11 is 0. The van der Waals surface area contributed by atoms with Gasteiger partial charge in [0.15, 0.2) is 6.61 Å². The Morgan fingerprint density at radius 2 is 1.62 bits per heavy atom. The molecule has 0 fully saturated rings. The average molecular weight is 351 g/mol. The number of nitrogens with zero attached hydrogens (tertiary/aromatic N) is 1. The van der Waals surface area contributed by atoms with Crippen molar-refractivity contribution >= 4 is 21.7 Å². The smallest absolute Gasteiger partial charge is 0.343 e. The van der Waals surface area contributed by atoms with Gasteiger partial charge in [-0.3, -0.25) is 4.84 Å². The summed E-state index contributed by atoms with van der Waals surface area (Å²) in [6.45, 7) is -0.253. The first kappa shape index (κ1) is 17.8. The summed E-state index contributed by atoms with van der Waals surface area (Å²) in [5.74, 6) is -0.177. The van der Waals surface area contributed by atoms with Gasteiger partial charge < -0.3 is 9.47 Å². The van der Waals surface area contributed by atoms with Crippen molar-refractivity contribution in [2.75, 3.05) is 25.3 Å². The van der Waals surface area contributed by atoms with Gasteiger partial charge in [0, 0.05) is 0 Å². The van der Waals surface area contributed by atoms with Crippen LogP contribution in [0.2, 0.25) is 0 Å². The molecule has 0 N–H and O–H groups in total. The maximum atomic E-state index is 12.7. The van der Waals surface area contributed by atoms with Crippen LogP contribution in [-0.4, -0.2) is 35.2 Å². The molecule has 0 saturated carbocycles. The number of sulfonamides is 1. The Bertz CT molecular complexity index is 774. The topological polar surface area (TPSA) is 82.1 Å². The number of hydrogen-bond donors (Lipinski definition) is 0. The zero-order valence-corrected chi connectivity index (χ0v) is 14.0. The number of ether oxygens (including phenoxy) is 2. The molecule has 2 aromatic carbocycles. The summed E-state index contributed by atoms with van der Waals surface area (Å²) < 4.78 is 35.8. The standard InChI is InChI=1S/C16H17NO6S/c1-21-16(18)12-23-14-8-10-15(11-9-14)24(19,20)17(22-2)13-6-4-3-5-7-13/h3-11H,12H2,1-2H3. The Hall–Kier alpha value is -2.58. The molecule has 0 atom stereocenters. The van der Waals surface area contributed by atoms with Crippen LogP contribution in [0.4, 0.5) is 5.69 Å². The van der Waals surface area contributed by atoms with E-state index in [1.807, 2.05) is 0 Å². The molecule has 0 heterocycles. The minimum atomic E-state index is -3.89. The maximum absolute atomic E-state index is 12.7. The molecule has 0 saturated heterocycles. The molecule has 2 rings (SSSR count). The second kappa shape index (κ2) is 7.80. The first-order chi connectivity index (χ1) is 11.5. The Balaban J connectivity index is 2.21. The lowest BCUT2D eigenvalue weighted by Crippen LogP contribution is -2.29. The Morgan fingerprint density at radius 3 is 2.17 bits per heavy atom. The monoisotopic (exact) mass is 351 g/mol. The third-order valence-corrected chi connectivity index (χ3v) is 4.72. The van der Waals surface area contributed by atoms with Crippen LogP contribution < -0.4 is 9.21 Å². The van der Waals surface area contributed by atoms with Crippen LogP contribution in [0.25, 0.3) is 0 Å². The number of esters is 1. The second-order valence-electron chi connectivity index (χ2n) is 4.59. The van der Waals surface area contributed by atoms with Gasteiger partial charge in [-0.25, -0.2) is 4.79 Å². The van der Waals surface area contributed by atoms with Gasteiger partial charge in [-0.15, -0.1) is 4.47 Å². The first-order valence-electron chi connectivity index (χ1n) is 6.93. The normalized spacial score (nSPS) is 10.9. The number of methoxy groups -OCH3 is 1.